The van der Waals surface area contributed by atoms with Gasteiger partial charge in [-0.05, 0) is 25.0 Å². The van der Waals surface area contributed by atoms with Crippen molar-refractivity contribution in [1.29, 1.82) is 0 Å². The van der Waals surface area contributed by atoms with Gasteiger partial charge in [0.05, 0.1) is 12.0 Å². The van der Waals surface area contributed by atoms with E-state index in [-0.39, 0.29) is 6.04 Å². The maximum absolute atomic E-state index is 11.2. The van der Waals surface area contributed by atoms with Gasteiger partial charge in [0, 0.05) is 45.1 Å². The minimum Gasteiger partial charge on any atom is -0.477 e. The predicted molar refractivity (Wildman–Crippen MR) is 78.1 cm³/mol. The number of aryl methyl sites for hydroxylation is 1. The number of hydrogen-bond donors (Lipinski definition) is 1. The van der Waals surface area contributed by atoms with E-state index in [2.05, 4.69) is 9.88 Å². The first-order valence-electron chi connectivity index (χ1n) is 7.23. The van der Waals surface area contributed by atoms with Crippen LogP contribution in [0.4, 0.5) is 0 Å². The molecular formula is C15H20N4O2. The van der Waals surface area contributed by atoms with Gasteiger partial charge in [-0.15, -0.1) is 0 Å². The molecule has 21 heavy (non-hydrogen) atoms. The van der Waals surface area contributed by atoms with E-state index in [1.807, 2.05) is 41.0 Å². The van der Waals surface area contributed by atoms with E-state index >= 15 is 0 Å². The Kier molecular flexibility index (Phi) is 3.79. The molecule has 2 aromatic rings. The second-order valence-corrected chi connectivity index (χ2v) is 5.61. The van der Waals surface area contributed by atoms with Crippen molar-refractivity contribution >= 4 is 5.97 Å². The number of rotatable bonds is 4. The molecule has 1 fully saturated rings. The van der Waals surface area contributed by atoms with Crippen LogP contribution in [0.25, 0.3) is 0 Å². The van der Waals surface area contributed by atoms with Crippen molar-refractivity contribution in [3.8, 4) is 0 Å². The van der Waals surface area contributed by atoms with Crippen LogP contribution in [0, 0.1) is 0 Å². The topological polar surface area (TPSA) is 63.3 Å². The van der Waals surface area contributed by atoms with Gasteiger partial charge in [0.15, 0.2) is 0 Å². The Balaban J connectivity index is 1.61. The zero-order valence-corrected chi connectivity index (χ0v) is 12.1. The lowest BCUT2D eigenvalue weighted by Crippen LogP contribution is -2.35. The van der Waals surface area contributed by atoms with Gasteiger partial charge >= 0.3 is 5.97 Å². The number of imidazole rings is 1. The SMILES string of the molecule is Cn1cncc1CN1CCC(n2cccc2C(=O)O)CC1. The summed E-state index contributed by atoms with van der Waals surface area (Å²) >= 11 is 0. The van der Waals surface area contributed by atoms with Crippen LogP contribution in [-0.2, 0) is 13.6 Å². The molecular weight excluding hydrogens is 268 g/mol. The molecule has 1 aliphatic heterocycles. The summed E-state index contributed by atoms with van der Waals surface area (Å²) < 4.78 is 3.95. The summed E-state index contributed by atoms with van der Waals surface area (Å²) in [6.07, 6.45) is 7.56. The second kappa shape index (κ2) is 5.73. The minimum atomic E-state index is -0.850. The number of aromatic nitrogens is 3. The number of hydrogen-bond acceptors (Lipinski definition) is 3. The van der Waals surface area contributed by atoms with E-state index in [9.17, 15) is 9.90 Å². The average molecular weight is 288 g/mol. The average Bonchev–Trinajstić information content (AvgIpc) is 3.10. The molecule has 6 heteroatoms. The lowest BCUT2D eigenvalue weighted by Gasteiger charge is -2.33. The molecule has 0 bridgehead atoms. The number of likely N-dealkylation sites (tertiary alicyclic amines) is 1. The summed E-state index contributed by atoms with van der Waals surface area (Å²) in [6, 6.07) is 3.77. The molecule has 0 aliphatic carbocycles. The van der Waals surface area contributed by atoms with Crippen molar-refractivity contribution in [2.45, 2.75) is 25.4 Å². The number of carboxylic acid groups (broad SMARTS) is 1. The largest absolute Gasteiger partial charge is 0.477 e. The second-order valence-electron chi connectivity index (χ2n) is 5.61. The molecule has 6 nitrogen and oxygen atoms in total. The van der Waals surface area contributed by atoms with Crippen LogP contribution in [0.1, 0.15) is 35.1 Å². The van der Waals surface area contributed by atoms with Gasteiger partial charge in [0.1, 0.15) is 5.69 Å². The Bertz CT molecular complexity index is 623. The Morgan fingerprint density at radius 2 is 2.19 bits per heavy atom. The molecule has 0 spiro atoms. The van der Waals surface area contributed by atoms with E-state index < -0.39 is 5.97 Å². The van der Waals surface area contributed by atoms with Gasteiger partial charge in [-0.25, -0.2) is 9.78 Å². The van der Waals surface area contributed by atoms with Crippen LogP contribution in [-0.4, -0.2) is 43.2 Å². The monoisotopic (exact) mass is 288 g/mol. The molecule has 0 saturated carbocycles. The van der Waals surface area contributed by atoms with Crippen LogP contribution in [0.5, 0.6) is 0 Å². The van der Waals surface area contributed by atoms with Crippen molar-refractivity contribution in [3.63, 3.8) is 0 Å². The molecule has 3 rings (SSSR count). The van der Waals surface area contributed by atoms with Crippen LogP contribution in [0.15, 0.2) is 30.9 Å². The highest BCUT2D eigenvalue weighted by Crippen LogP contribution is 2.25. The van der Waals surface area contributed by atoms with Gasteiger partial charge in [-0.1, -0.05) is 0 Å². The summed E-state index contributed by atoms with van der Waals surface area (Å²) in [6.45, 7) is 2.86. The molecule has 0 radical (unpaired) electrons. The van der Waals surface area contributed by atoms with Gasteiger partial charge in [-0.3, -0.25) is 4.90 Å². The van der Waals surface area contributed by atoms with Crippen molar-refractivity contribution in [2.75, 3.05) is 13.1 Å². The predicted octanol–water partition coefficient (Wildman–Crippen LogP) is 1.76. The normalized spacial score (nSPS) is 17.2. The Morgan fingerprint density at radius 1 is 1.43 bits per heavy atom. The molecule has 112 valence electrons. The van der Waals surface area contributed by atoms with Crippen LogP contribution in [0.2, 0.25) is 0 Å². The number of carboxylic acids is 1. The van der Waals surface area contributed by atoms with E-state index in [1.165, 1.54) is 5.69 Å². The fourth-order valence-electron chi connectivity index (χ4n) is 3.02. The molecule has 1 aliphatic rings. The van der Waals surface area contributed by atoms with Crippen LogP contribution >= 0.6 is 0 Å². The highest BCUT2D eigenvalue weighted by Gasteiger charge is 2.23. The first-order valence-corrected chi connectivity index (χ1v) is 7.23. The number of nitrogens with zero attached hydrogens (tertiary/aromatic N) is 4. The highest BCUT2D eigenvalue weighted by atomic mass is 16.4. The first-order chi connectivity index (χ1) is 10.1. The lowest BCUT2D eigenvalue weighted by molar-refractivity contribution is 0.0678. The zero-order valence-electron chi connectivity index (χ0n) is 12.1. The maximum Gasteiger partial charge on any atom is 0.352 e. The zero-order chi connectivity index (χ0) is 14.8. The standard InChI is InChI=1S/C15H20N4O2/c1-17-11-16-9-13(17)10-18-7-4-12(5-8-18)19-6-2-3-14(19)15(20)21/h2-3,6,9,11-12H,4-5,7-8,10H2,1H3,(H,20,21). The van der Waals surface area contributed by atoms with Crippen molar-refractivity contribution in [1.82, 2.24) is 19.0 Å². The van der Waals surface area contributed by atoms with E-state index in [1.54, 1.807) is 6.07 Å². The number of aromatic carboxylic acids is 1. The summed E-state index contributed by atoms with van der Waals surface area (Å²) in [5.74, 6) is -0.850. The molecule has 1 saturated heterocycles. The van der Waals surface area contributed by atoms with E-state index in [4.69, 9.17) is 0 Å². The molecule has 0 aromatic carbocycles. The Morgan fingerprint density at radius 3 is 2.81 bits per heavy atom. The maximum atomic E-state index is 11.2. The summed E-state index contributed by atoms with van der Waals surface area (Å²) in [5.41, 5.74) is 1.60. The summed E-state index contributed by atoms with van der Waals surface area (Å²) in [7, 11) is 2.01. The van der Waals surface area contributed by atoms with E-state index in [0.29, 0.717) is 5.69 Å². The fourth-order valence-corrected chi connectivity index (χ4v) is 3.02. The molecule has 0 unspecified atom stereocenters. The molecule has 2 aromatic heterocycles. The number of carbonyl (C=O) groups is 1. The third-order valence-electron chi connectivity index (χ3n) is 4.25. The quantitative estimate of drug-likeness (QED) is 0.931. The smallest absolute Gasteiger partial charge is 0.352 e. The van der Waals surface area contributed by atoms with Crippen molar-refractivity contribution in [3.05, 3.63) is 42.2 Å². The van der Waals surface area contributed by atoms with Gasteiger partial charge < -0.3 is 14.2 Å². The van der Waals surface area contributed by atoms with Gasteiger partial charge in [0.2, 0.25) is 0 Å². The van der Waals surface area contributed by atoms with E-state index in [0.717, 1.165) is 32.5 Å². The van der Waals surface area contributed by atoms with Gasteiger partial charge in [-0.2, -0.15) is 0 Å². The molecule has 0 atom stereocenters. The van der Waals surface area contributed by atoms with Crippen LogP contribution in [0.3, 0.4) is 0 Å². The minimum absolute atomic E-state index is 0.286. The van der Waals surface area contributed by atoms with Crippen molar-refractivity contribution < 1.29 is 9.90 Å². The number of piperidine rings is 1. The highest BCUT2D eigenvalue weighted by molar-refractivity contribution is 5.85. The molecule has 3 heterocycles. The Hall–Kier alpha value is -2.08. The first kappa shape index (κ1) is 13.9. The van der Waals surface area contributed by atoms with Gasteiger partial charge in [0.25, 0.3) is 0 Å². The summed E-state index contributed by atoms with van der Waals surface area (Å²) in [4.78, 5) is 17.7. The lowest BCUT2D eigenvalue weighted by atomic mass is 10.0. The fraction of sp³-hybridized carbons (Fsp3) is 0.467. The Labute approximate surface area is 123 Å². The molecule has 1 N–H and O–H groups in total. The van der Waals surface area contributed by atoms with Crippen molar-refractivity contribution in [2.24, 2.45) is 7.05 Å². The summed E-state index contributed by atoms with van der Waals surface area (Å²) in [5, 5.41) is 9.20. The third kappa shape index (κ3) is 2.85. The third-order valence-corrected chi connectivity index (χ3v) is 4.25. The van der Waals surface area contributed by atoms with Crippen LogP contribution < -0.4 is 0 Å². The molecule has 0 amide bonds.